The van der Waals surface area contributed by atoms with Crippen LogP contribution in [0.5, 0.6) is 0 Å². The summed E-state index contributed by atoms with van der Waals surface area (Å²) in [6.45, 7) is 0.634. The summed E-state index contributed by atoms with van der Waals surface area (Å²) in [5, 5.41) is 12.5. The van der Waals surface area contributed by atoms with E-state index in [1.54, 1.807) is 11.8 Å². The first kappa shape index (κ1) is 15.3. The van der Waals surface area contributed by atoms with E-state index in [0.717, 1.165) is 35.3 Å². The fraction of sp³-hybridized carbons (Fsp3) is 0.529. The summed E-state index contributed by atoms with van der Waals surface area (Å²) in [4.78, 5) is 4.70. The minimum absolute atomic E-state index is 0.120. The lowest BCUT2D eigenvalue weighted by Crippen LogP contribution is -2.35. The van der Waals surface area contributed by atoms with Crippen molar-refractivity contribution in [3.63, 3.8) is 0 Å². The SMILES string of the molecule is COCC1(c2noc(-c3ccc4c(c3)nnn4C)n2)CCCCC1. The Balaban J connectivity index is 1.69. The summed E-state index contributed by atoms with van der Waals surface area (Å²) in [6, 6.07) is 5.87. The van der Waals surface area contributed by atoms with Gasteiger partial charge in [-0.1, -0.05) is 29.6 Å². The van der Waals surface area contributed by atoms with E-state index in [0.29, 0.717) is 12.5 Å². The van der Waals surface area contributed by atoms with Gasteiger partial charge in [-0.2, -0.15) is 4.98 Å². The van der Waals surface area contributed by atoms with Crippen molar-refractivity contribution in [2.45, 2.75) is 37.5 Å². The predicted octanol–water partition coefficient (Wildman–Crippen LogP) is 2.87. The van der Waals surface area contributed by atoms with Crippen LogP contribution in [0.4, 0.5) is 0 Å². The number of benzene rings is 1. The van der Waals surface area contributed by atoms with Crippen molar-refractivity contribution < 1.29 is 9.26 Å². The maximum Gasteiger partial charge on any atom is 0.258 e. The molecule has 1 saturated carbocycles. The quantitative estimate of drug-likeness (QED) is 0.733. The highest BCUT2D eigenvalue weighted by atomic mass is 16.5. The molecule has 126 valence electrons. The second-order valence-electron chi connectivity index (χ2n) is 6.61. The molecule has 0 spiro atoms. The average molecular weight is 327 g/mol. The van der Waals surface area contributed by atoms with Gasteiger partial charge in [-0.3, -0.25) is 0 Å². The van der Waals surface area contributed by atoms with Crippen LogP contribution < -0.4 is 0 Å². The molecule has 2 aromatic heterocycles. The van der Waals surface area contributed by atoms with E-state index in [1.807, 2.05) is 25.2 Å². The number of nitrogens with zero attached hydrogens (tertiary/aromatic N) is 5. The van der Waals surface area contributed by atoms with E-state index < -0.39 is 0 Å². The molecule has 7 heteroatoms. The molecule has 0 radical (unpaired) electrons. The lowest BCUT2D eigenvalue weighted by molar-refractivity contribution is 0.0961. The van der Waals surface area contributed by atoms with Gasteiger partial charge in [0.1, 0.15) is 5.52 Å². The Kier molecular flexibility index (Phi) is 3.80. The van der Waals surface area contributed by atoms with Crippen molar-refractivity contribution in [3.05, 3.63) is 24.0 Å². The molecular weight excluding hydrogens is 306 g/mol. The van der Waals surface area contributed by atoms with Crippen LogP contribution in [0, 0.1) is 0 Å². The number of aromatic nitrogens is 5. The second kappa shape index (κ2) is 5.98. The third kappa shape index (κ3) is 2.49. The van der Waals surface area contributed by atoms with Crippen LogP contribution in [0.25, 0.3) is 22.5 Å². The fourth-order valence-electron chi connectivity index (χ4n) is 3.67. The van der Waals surface area contributed by atoms with Gasteiger partial charge in [0.25, 0.3) is 5.89 Å². The minimum atomic E-state index is -0.120. The molecule has 3 aromatic rings. The summed E-state index contributed by atoms with van der Waals surface area (Å²) in [5.74, 6) is 1.29. The smallest absolute Gasteiger partial charge is 0.258 e. The number of ether oxygens (including phenoxy) is 1. The van der Waals surface area contributed by atoms with Crippen LogP contribution >= 0.6 is 0 Å². The van der Waals surface area contributed by atoms with Crippen LogP contribution in [0.3, 0.4) is 0 Å². The Morgan fingerprint density at radius 2 is 2.08 bits per heavy atom. The van der Waals surface area contributed by atoms with Gasteiger partial charge in [0.2, 0.25) is 0 Å². The maximum atomic E-state index is 5.56. The first-order valence-electron chi connectivity index (χ1n) is 8.35. The van der Waals surface area contributed by atoms with Gasteiger partial charge in [-0.25, -0.2) is 4.68 Å². The summed E-state index contributed by atoms with van der Waals surface area (Å²) in [5.41, 5.74) is 2.54. The molecule has 0 aliphatic heterocycles. The Labute approximate surface area is 140 Å². The first-order chi connectivity index (χ1) is 11.7. The Morgan fingerprint density at radius 1 is 1.25 bits per heavy atom. The molecule has 1 fully saturated rings. The molecule has 1 aliphatic rings. The number of hydrogen-bond donors (Lipinski definition) is 0. The first-order valence-corrected chi connectivity index (χ1v) is 8.35. The van der Waals surface area contributed by atoms with Crippen LogP contribution in [0.1, 0.15) is 37.9 Å². The molecule has 0 unspecified atom stereocenters. The molecule has 4 rings (SSSR count). The van der Waals surface area contributed by atoms with E-state index in [9.17, 15) is 0 Å². The maximum absolute atomic E-state index is 5.56. The van der Waals surface area contributed by atoms with Crippen molar-refractivity contribution in [1.82, 2.24) is 25.1 Å². The minimum Gasteiger partial charge on any atom is -0.384 e. The van der Waals surface area contributed by atoms with E-state index in [4.69, 9.17) is 14.2 Å². The highest BCUT2D eigenvalue weighted by molar-refractivity contribution is 5.79. The van der Waals surface area contributed by atoms with Crippen molar-refractivity contribution in [2.75, 3.05) is 13.7 Å². The van der Waals surface area contributed by atoms with Crippen molar-refractivity contribution in [3.8, 4) is 11.5 Å². The largest absolute Gasteiger partial charge is 0.384 e. The average Bonchev–Trinajstić information content (AvgIpc) is 3.24. The fourth-order valence-corrected chi connectivity index (χ4v) is 3.67. The Hall–Kier alpha value is -2.28. The highest BCUT2D eigenvalue weighted by Gasteiger charge is 2.38. The summed E-state index contributed by atoms with van der Waals surface area (Å²) >= 11 is 0. The molecular formula is C17H21N5O2. The van der Waals surface area contributed by atoms with Crippen molar-refractivity contribution in [1.29, 1.82) is 0 Å². The summed E-state index contributed by atoms with van der Waals surface area (Å²) in [7, 11) is 3.61. The van der Waals surface area contributed by atoms with Gasteiger partial charge in [0.15, 0.2) is 5.82 Å². The normalized spacial score (nSPS) is 17.4. The number of aryl methyl sites for hydroxylation is 1. The van der Waals surface area contributed by atoms with Crippen molar-refractivity contribution in [2.24, 2.45) is 7.05 Å². The van der Waals surface area contributed by atoms with E-state index >= 15 is 0 Å². The molecule has 0 atom stereocenters. The van der Waals surface area contributed by atoms with Crippen LogP contribution in [0.2, 0.25) is 0 Å². The molecule has 0 bridgehead atoms. The number of methoxy groups -OCH3 is 1. The lowest BCUT2D eigenvalue weighted by atomic mass is 9.74. The molecule has 1 aromatic carbocycles. The van der Waals surface area contributed by atoms with Crippen LogP contribution in [0.15, 0.2) is 22.7 Å². The van der Waals surface area contributed by atoms with Crippen LogP contribution in [-0.4, -0.2) is 38.9 Å². The molecule has 2 heterocycles. The molecule has 0 N–H and O–H groups in total. The van der Waals surface area contributed by atoms with E-state index in [1.165, 1.54) is 19.3 Å². The zero-order valence-corrected chi connectivity index (χ0v) is 14.0. The molecule has 0 saturated heterocycles. The number of fused-ring (bicyclic) bond motifs is 1. The molecule has 0 amide bonds. The topological polar surface area (TPSA) is 78.9 Å². The van der Waals surface area contributed by atoms with Gasteiger partial charge < -0.3 is 9.26 Å². The predicted molar refractivity (Wildman–Crippen MR) is 88.4 cm³/mol. The van der Waals surface area contributed by atoms with Gasteiger partial charge in [-0.05, 0) is 31.0 Å². The second-order valence-corrected chi connectivity index (χ2v) is 6.61. The monoisotopic (exact) mass is 327 g/mol. The van der Waals surface area contributed by atoms with E-state index in [2.05, 4.69) is 15.5 Å². The molecule has 1 aliphatic carbocycles. The number of rotatable bonds is 4. The van der Waals surface area contributed by atoms with Crippen molar-refractivity contribution >= 4 is 11.0 Å². The third-order valence-corrected chi connectivity index (χ3v) is 4.99. The van der Waals surface area contributed by atoms with Gasteiger partial charge in [-0.15, -0.1) is 5.10 Å². The van der Waals surface area contributed by atoms with Crippen LogP contribution in [-0.2, 0) is 17.2 Å². The summed E-state index contributed by atoms with van der Waals surface area (Å²) < 4.78 is 12.8. The number of hydrogen-bond acceptors (Lipinski definition) is 6. The lowest BCUT2D eigenvalue weighted by Gasteiger charge is -2.33. The zero-order valence-electron chi connectivity index (χ0n) is 14.0. The molecule has 7 nitrogen and oxygen atoms in total. The molecule has 24 heavy (non-hydrogen) atoms. The standard InChI is InChI=1S/C17H21N5O2/c1-22-14-7-6-12(10-13(14)19-21-22)15-18-16(20-24-15)17(11-23-2)8-4-3-5-9-17/h6-7,10H,3-5,8-9,11H2,1-2H3. The highest BCUT2D eigenvalue weighted by Crippen LogP contribution is 2.39. The van der Waals surface area contributed by atoms with Gasteiger partial charge in [0.05, 0.1) is 17.5 Å². The Morgan fingerprint density at radius 3 is 2.88 bits per heavy atom. The summed E-state index contributed by atoms with van der Waals surface area (Å²) in [6.07, 6.45) is 5.71. The Bertz CT molecular complexity index is 842. The third-order valence-electron chi connectivity index (χ3n) is 4.99. The van der Waals surface area contributed by atoms with E-state index in [-0.39, 0.29) is 5.41 Å². The van der Waals surface area contributed by atoms with Gasteiger partial charge >= 0.3 is 0 Å². The zero-order chi connectivity index (χ0) is 16.6. The van der Waals surface area contributed by atoms with Gasteiger partial charge in [0, 0.05) is 19.7 Å².